The number of nitrogens with zero attached hydrogens (tertiary/aromatic N) is 2. The van der Waals surface area contributed by atoms with Gasteiger partial charge in [0.05, 0.1) is 11.3 Å². The molecule has 1 atom stereocenters. The molecule has 7 nitrogen and oxygen atoms in total. The van der Waals surface area contributed by atoms with Gasteiger partial charge in [-0.3, -0.25) is 14.5 Å². The Kier molecular flexibility index (Phi) is 6.91. The molecule has 1 fully saturated rings. The first-order valence-corrected chi connectivity index (χ1v) is 10.2. The van der Waals surface area contributed by atoms with Crippen LogP contribution in [0, 0.1) is 0 Å². The highest BCUT2D eigenvalue weighted by Crippen LogP contribution is 2.32. The van der Waals surface area contributed by atoms with Crippen LogP contribution in [0.2, 0.25) is 5.02 Å². The zero-order valence-corrected chi connectivity index (χ0v) is 17.3. The van der Waals surface area contributed by atoms with Crippen LogP contribution < -0.4 is 5.32 Å². The normalized spacial score (nSPS) is 17.2. The lowest BCUT2D eigenvalue weighted by Crippen LogP contribution is -2.33. The molecule has 2 aromatic rings. The fourth-order valence-electron chi connectivity index (χ4n) is 2.72. The fraction of sp³-hybridized carbons (Fsp3) is 0.143. The van der Waals surface area contributed by atoms with Crippen molar-refractivity contribution in [2.45, 2.75) is 11.7 Å². The topological polar surface area (TPSA) is 99.1 Å². The van der Waals surface area contributed by atoms with Crippen molar-refractivity contribution in [1.29, 1.82) is 0 Å². The van der Waals surface area contributed by atoms with Crippen LogP contribution in [0.5, 0.6) is 0 Å². The SMILES string of the molecule is C=CCN1C(=O)C(CC(=O)Nc2ccc(Cl)cc2)SC1=Nc1ccc(C(=O)O)cc1. The van der Waals surface area contributed by atoms with E-state index in [0.717, 1.165) is 0 Å². The smallest absolute Gasteiger partial charge is 0.335 e. The van der Waals surface area contributed by atoms with Crippen molar-refractivity contribution in [3.63, 3.8) is 0 Å². The van der Waals surface area contributed by atoms with Crippen molar-refractivity contribution >= 4 is 57.7 Å². The van der Waals surface area contributed by atoms with E-state index in [9.17, 15) is 14.4 Å². The molecule has 0 spiro atoms. The Labute approximate surface area is 182 Å². The largest absolute Gasteiger partial charge is 0.478 e. The molecule has 2 N–H and O–H groups in total. The van der Waals surface area contributed by atoms with Crippen LogP contribution in [0.3, 0.4) is 0 Å². The molecule has 0 saturated carbocycles. The number of aliphatic imine (C=N–C) groups is 1. The second-order valence-corrected chi connectivity index (χ2v) is 7.96. The third-order valence-corrected chi connectivity index (χ3v) is 5.60. The minimum Gasteiger partial charge on any atom is -0.478 e. The number of rotatable bonds is 7. The van der Waals surface area contributed by atoms with Gasteiger partial charge in [0.25, 0.3) is 0 Å². The minimum absolute atomic E-state index is 0.0171. The van der Waals surface area contributed by atoms with Gasteiger partial charge in [-0.05, 0) is 48.5 Å². The molecule has 154 valence electrons. The molecular formula is C21H18ClN3O4S. The van der Waals surface area contributed by atoms with E-state index in [1.807, 2.05) is 0 Å². The summed E-state index contributed by atoms with van der Waals surface area (Å²) >= 11 is 7.03. The highest BCUT2D eigenvalue weighted by molar-refractivity contribution is 8.15. The number of carbonyl (C=O) groups excluding carboxylic acids is 2. The Hall–Kier alpha value is -3.10. The Bertz CT molecular complexity index is 1010. The lowest BCUT2D eigenvalue weighted by molar-refractivity contribution is -0.127. The lowest BCUT2D eigenvalue weighted by atomic mass is 10.2. The van der Waals surface area contributed by atoms with Crippen LogP contribution >= 0.6 is 23.4 Å². The van der Waals surface area contributed by atoms with Gasteiger partial charge in [0.15, 0.2) is 5.17 Å². The molecule has 3 rings (SSSR count). The van der Waals surface area contributed by atoms with Gasteiger partial charge in [0.2, 0.25) is 11.8 Å². The quantitative estimate of drug-likeness (QED) is 0.625. The van der Waals surface area contributed by atoms with E-state index < -0.39 is 11.2 Å². The van der Waals surface area contributed by atoms with Crippen LogP contribution in [0.25, 0.3) is 0 Å². The molecule has 1 heterocycles. The summed E-state index contributed by atoms with van der Waals surface area (Å²) in [7, 11) is 0. The number of thioether (sulfide) groups is 1. The van der Waals surface area contributed by atoms with Gasteiger partial charge < -0.3 is 10.4 Å². The molecule has 0 radical (unpaired) electrons. The standard InChI is InChI=1S/C21H18ClN3O4S/c1-2-11-25-19(27)17(12-18(26)23-15-9-5-14(22)6-10-15)30-21(25)24-16-7-3-13(4-8-16)20(28)29/h2-10,17H,1,11-12H2,(H,23,26)(H,28,29). The van der Waals surface area contributed by atoms with Crippen molar-refractivity contribution < 1.29 is 19.5 Å². The number of carbonyl (C=O) groups is 3. The Morgan fingerprint density at radius 1 is 1.20 bits per heavy atom. The van der Waals surface area contributed by atoms with E-state index in [1.54, 1.807) is 42.5 Å². The number of aromatic carboxylic acids is 1. The lowest BCUT2D eigenvalue weighted by Gasteiger charge is -2.13. The molecule has 1 unspecified atom stereocenters. The number of halogens is 1. The van der Waals surface area contributed by atoms with E-state index in [2.05, 4.69) is 16.9 Å². The number of carboxylic acid groups (broad SMARTS) is 1. The molecule has 9 heteroatoms. The maximum absolute atomic E-state index is 12.8. The maximum atomic E-state index is 12.8. The molecule has 2 amide bonds. The molecule has 2 aromatic carbocycles. The average Bonchev–Trinajstić information content (AvgIpc) is 2.99. The molecular weight excluding hydrogens is 426 g/mol. The first-order valence-electron chi connectivity index (χ1n) is 8.94. The number of nitrogens with one attached hydrogen (secondary N) is 1. The van der Waals surface area contributed by atoms with Gasteiger partial charge in [0.1, 0.15) is 5.25 Å². The first-order chi connectivity index (χ1) is 14.4. The van der Waals surface area contributed by atoms with E-state index >= 15 is 0 Å². The van der Waals surface area contributed by atoms with Gasteiger partial charge in [0, 0.05) is 23.7 Å². The summed E-state index contributed by atoms with van der Waals surface area (Å²) in [6, 6.07) is 12.7. The van der Waals surface area contributed by atoms with E-state index in [-0.39, 0.29) is 30.3 Å². The zero-order valence-electron chi connectivity index (χ0n) is 15.7. The summed E-state index contributed by atoms with van der Waals surface area (Å²) in [4.78, 5) is 42.1. The predicted molar refractivity (Wildman–Crippen MR) is 118 cm³/mol. The first kappa shape index (κ1) is 21.6. The highest BCUT2D eigenvalue weighted by Gasteiger charge is 2.38. The monoisotopic (exact) mass is 443 g/mol. The summed E-state index contributed by atoms with van der Waals surface area (Å²) in [5.41, 5.74) is 1.25. The number of amides is 2. The third kappa shape index (κ3) is 5.28. The number of amidine groups is 1. The van der Waals surface area contributed by atoms with Gasteiger partial charge in [-0.1, -0.05) is 29.4 Å². The second-order valence-electron chi connectivity index (χ2n) is 6.35. The molecule has 1 aliphatic heterocycles. The number of hydrogen-bond acceptors (Lipinski definition) is 5. The number of carboxylic acids is 1. The molecule has 0 bridgehead atoms. The average molecular weight is 444 g/mol. The highest BCUT2D eigenvalue weighted by atomic mass is 35.5. The molecule has 1 saturated heterocycles. The van der Waals surface area contributed by atoms with Crippen LogP contribution in [0.1, 0.15) is 16.8 Å². The van der Waals surface area contributed by atoms with Crippen molar-refractivity contribution in [2.75, 3.05) is 11.9 Å². The van der Waals surface area contributed by atoms with Gasteiger partial charge >= 0.3 is 5.97 Å². The van der Waals surface area contributed by atoms with Crippen molar-refractivity contribution in [3.05, 3.63) is 71.8 Å². The number of anilines is 1. The fourth-order valence-corrected chi connectivity index (χ4v) is 4.02. The summed E-state index contributed by atoms with van der Waals surface area (Å²) in [6.45, 7) is 3.92. The minimum atomic E-state index is -1.03. The van der Waals surface area contributed by atoms with Crippen LogP contribution in [0.4, 0.5) is 11.4 Å². The van der Waals surface area contributed by atoms with Gasteiger partial charge in [-0.2, -0.15) is 0 Å². The summed E-state index contributed by atoms with van der Waals surface area (Å²) in [5.74, 6) is -1.56. The summed E-state index contributed by atoms with van der Waals surface area (Å²) in [6.07, 6.45) is 1.56. The Morgan fingerprint density at radius 3 is 2.47 bits per heavy atom. The van der Waals surface area contributed by atoms with Gasteiger partial charge in [-0.15, -0.1) is 6.58 Å². The molecule has 0 aromatic heterocycles. The van der Waals surface area contributed by atoms with E-state index in [1.165, 1.54) is 28.8 Å². The zero-order chi connectivity index (χ0) is 21.7. The third-order valence-electron chi connectivity index (χ3n) is 4.17. The van der Waals surface area contributed by atoms with Crippen LogP contribution in [-0.2, 0) is 9.59 Å². The second kappa shape index (κ2) is 9.60. The molecule has 30 heavy (non-hydrogen) atoms. The van der Waals surface area contributed by atoms with Crippen molar-refractivity contribution in [1.82, 2.24) is 4.90 Å². The van der Waals surface area contributed by atoms with Crippen LogP contribution in [-0.4, -0.2) is 44.8 Å². The summed E-state index contributed by atoms with van der Waals surface area (Å²) < 4.78 is 0. The van der Waals surface area contributed by atoms with Gasteiger partial charge in [-0.25, -0.2) is 9.79 Å². The van der Waals surface area contributed by atoms with Crippen molar-refractivity contribution in [2.24, 2.45) is 4.99 Å². The molecule has 1 aliphatic rings. The molecule has 0 aliphatic carbocycles. The Balaban J connectivity index is 1.73. The Morgan fingerprint density at radius 2 is 1.87 bits per heavy atom. The predicted octanol–water partition coefficient (Wildman–Crippen LogP) is 4.18. The van der Waals surface area contributed by atoms with Crippen LogP contribution in [0.15, 0.2) is 66.2 Å². The summed E-state index contributed by atoms with van der Waals surface area (Å²) in [5, 5.41) is 12.1. The maximum Gasteiger partial charge on any atom is 0.335 e. The van der Waals surface area contributed by atoms with E-state index in [0.29, 0.717) is 21.6 Å². The van der Waals surface area contributed by atoms with E-state index in [4.69, 9.17) is 16.7 Å². The number of benzene rings is 2. The van der Waals surface area contributed by atoms with Crippen molar-refractivity contribution in [3.8, 4) is 0 Å². The number of hydrogen-bond donors (Lipinski definition) is 2.